The van der Waals surface area contributed by atoms with E-state index >= 15 is 0 Å². The number of aryl methyl sites for hydroxylation is 1. The van der Waals surface area contributed by atoms with Crippen molar-refractivity contribution in [3.63, 3.8) is 0 Å². The summed E-state index contributed by atoms with van der Waals surface area (Å²) in [4.78, 5) is 0. The van der Waals surface area contributed by atoms with Gasteiger partial charge >= 0.3 is 0 Å². The molecule has 0 radical (unpaired) electrons. The number of nitrogens with zero attached hydrogens (tertiary/aromatic N) is 2. The highest BCUT2D eigenvalue weighted by molar-refractivity contribution is 7.07. The second-order valence-corrected chi connectivity index (χ2v) is 4.66. The zero-order valence-corrected chi connectivity index (χ0v) is 10.1. The Morgan fingerprint density at radius 2 is 2.38 bits per heavy atom. The van der Waals surface area contributed by atoms with Crippen LogP contribution >= 0.6 is 11.3 Å². The lowest BCUT2D eigenvalue weighted by Gasteiger charge is -2.13. The number of hydrogen-bond acceptors (Lipinski definition) is 4. The number of nitrogens with one attached hydrogen (secondary N) is 1. The van der Waals surface area contributed by atoms with Gasteiger partial charge in [0.2, 0.25) is 0 Å². The second-order valence-electron chi connectivity index (χ2n) is 3.88. The van der Waals surface area contributed by atoms with E-state index in [1.165, 1.54) is 5.56 Å². The van der Waals surface area contributed by atoms with Crippen molar-refractivity contribution in [3.05, 3.63) is 40.3 Å². The molecule has 0 saturated carbocycles. The average Bonchev–Trinajstić information content (AvgIpc) is 2.89. The van der Waals surface area contributed by atoms with Crippen molar-refractivity contribution < 1.29 is 0 Å². The van der Waals surface area contributed by atoms with E-state index in [9.17, 15) is 0 Å². The van der Waals surface area contributed by atoms with Gasteiger partial charge in [-0.3, -0.25) is 16.0 Å². The topological polar surface area (TPSA) is 55.9 Å². The number of hydrogen-bond donors (Lipinski definition) is 2. The minimum atomic E-state index is 0.240. The van der Waals surface area contributed by atoms with Crippen molar-refractivity contribution in [2.75, 3.05) is 0 Å². The van der Waals surface area contributed by atoms with Gasteiger partial charge in [-0.05, 0) is 34.9 Å². The van der Waals surface area contributed by atoms with Crippen LogP contribution in [0, 0.1) is 0 Å². The van der Waals surface area contributed by atoms with E-state index in [1.54, 1.807) is 11.3 Å². The Kier molecular flexibility index (Phi) is 3.71. The molecule has 0 aromatic carbocycles. The molecule has 0 amide bonds. The van der Waals surface area contributed by atoms with Gasteiger partial charge in [0.05, 0.1) is 5.69 Å². The smallest absolute Gasteiger partial charge is 0.0640 e. The summed E-state index contributed by atoms with van der Waals surface area (Å²) >= 11 is 1.71. The first kappa shape index (κ1) is 11.3. The van der Waals surface area contributed by atoms with E-state index in [4.69, 9.17) is 5.84 Å². The maximum Gasteiger partial charge on any atom is 0.0640 e. The fourth-order valence-corrected chi connectivity index (χ4v) is 2.39. The van der Waals surface area contributed by atoms with Gasteiger partial charge < -0.3 is 0 Å². The zero-order chi connectivity index (χ0) is 11.4. The number of hydrazine groups is 1. The van der Waals surface area contributed by atoms with Gasteiger partial charge in [-0.25, -0.2) is 0 Å². The second kappa shape index (κ2) is 5.25. The van der Waals surface area contributed by atoms with Gasteiger partial charge in [0, 0.05) is 25.7 Å². The van der Waals surface area contributed by atoms with Crippen molar-refractivity contribution >= 4 is 11.3 Å². The molecule has 0 aliphatic heterocycles. The minimum absolute atomic E-state index is 0.240. The van der Waals surface area contributed by atoms with E-state index in [1.807, 2.05) is 24.0 Å². The SMILES string of the molecule is Cn1ccc(CC(Cc2ccsc2)NN)n1. The van der Waals surface area contributed by atoms with Crippen LogP contribution in [0.15, 0.2) is 29.1 Å². The van der Waals surface area contributed by atoms with E-state index in [-0.39, 0.29) is 6.04 Å². The molecule has 16 heavy (non-hydrogen) atoms. The largest absolute Gasteiger partial charge is 0.276 e. The molecule has 1 atom stereocenters. The summed E-state index contributed by atoms with van der Waals surface area (Å²) in [5.74, 6) is 5.56. The zero-order valence-electron chi connectivity index (χ0n) is 9.26. The monoisotopic (exact) mass is 236 g/mol. The molecule has 0 aliphatic rings. The van der Waals surface area contributed by atoms with Crippen molar-refractivity contribution in [2.45, 2.75) is 18.9 Å². The summed E-state index contributed by atoms with van der Waals surface area (Å²) in [6, 6.07) is 4.40. The first-order chi connectivity index (χ1) is 7.78. The van der Waals surface area contributed by atoms with Gasteiger partial charge in [-0.1, -0.05) is 0 Å². The average molecular weight is 236 g/mol. The lowest BCUT2D eigenvalue weighted by molar-refractivity contribution is 0.514. The quantitative estimate of drug-likeness (QED) is 0.604. The molecule has 0 spiro atoms. The van der Waals surface area contributed by atoms with Gasteiger partial charge in [0.15, 0.2) is 0 Å². The maximum absolute atomic E-state index is 5.56. The minimum Gasteiger partial charge on any atom is -0.276 e. The summed E-state index contributed by atoms with van der Waals surface area (Å²) in [6.45, 7) is 0. The Morgan fingerprint density at radius 1 is 1.50 bits per heavy atom. The van der Waals surface area contributed by atoms with Crippen LogP contribution in [0.3, 0.4) is 0 Å². The molecular formula is C11H16N4S. The Labute approximate surface area is 99.1 Å². The predicted octanol–water partition coefficient (Wildman–Crippen LogP) is 1.10. The van der Waals surface area contributed by atoms with E-state index in [0.29, 0.717) is 0 Å². The van der Waals surface area contributed by atoms with Crippen molar-refractivity contribution in [1.82, 2.24) is 15.2 Å². The Morgan fingerprint density at radius 3 is 2.94 bits per heavy atom. The Hall–Kier alpha value is -1.17. The number of aromatic nitrogens is 2. The Bertz CT molecular complexity index is 421. The molecule has 4 nitrogen and oxygen atoms in total. The van der Waals surface area contributed by atoms with Crippen molar-refractivity contribution in [2.24, 2.45) is 12.9 Å². The van der Waals surface area contributed by atoms with Crippen LogP contribution in [0.2, 0.25) is 0 Å². The van der Waals surface area contributed by atoms with Gasteiger partial charge in [-0.2, -0.15) is 16.4 Å². The predicted molar refractivity (Wildman–Crippen MR) is 66.0 cm³/mol. The Balaban J connectivity index is 1.95. The van der Waals surface area contributed by atoms with Gasteiger partial charge in [0.25, 0.3) is 0 Å². The molecule has 2 heterocycles. The number of nitrogens with two attached hydrogens (primary N) is 1. The molecule has 2 aromatic heterocycles. The van der Waals surface area contributed by atoms with Crippen molar-refractivity contribution in [1.29, 1.82) is 0 Å². The van der Waals surface area contributed by atoms with Crippen LogP contribution in [0.25, 0.3) is 0 Å². The molecule has 3 N–H and O–H groups in total. The highest BCUT2D eigenvalue weighted by Gasteiger charge is 2.10. The normalized spacial score (nSPS) is 12.9. The summed E-state index contributed by atoms with van der Waals surface area (Å²) in [5, 5.41) is 8.59. The third-order valence-corrected chi connectivity index (χ3v) is 3.25. The van der Waals surface area contributed by atoms with Crippen LogP contribution in [-0.2, 0) is 19.9 Å². The molecular weight excluding hydrogens is 220 g/mol. The summed E-state index contributed by atoms with van der Waals surface area (Å²) in [7, 11) is 1.92. The van der Waals surface area contributed by atoms with E-state index < -0.39 is 0 Å². The summed E-state index contributed by atoms with van der Waals surface area (Å²) in [6.07, 6.45) is 3.75. The van der Waals surface area contributed by atoms with Crippen LogP contribution in [0.1, 0.15) is 11.3 Å². The molecule has 0 fully saturated rings. The standard InChI is InChI=1S/C11H16N4S/c1-15-4-2-10(14-15)7-11(13-12)6-9-3-5-16-8-9/h2-5,8,11,13H,6-7,12H2,1H3. The third-order valence-electron chi connectivity index (χ3n) is 2.52. The lowest BCUT2D eigenvalue weighted by atomic mass is 10.1. The number of rotatable bonds is 5. The van der Waals surface area contributed by atoms with Crippen LogP contribution in [0.5, 0.6) is 0 Å². The van der Waals surface area contributed by atoms with E-state index in [2.05, 4.69) is 27.4 Å². The summed E-state index contributed by atoms with van der Waals surface area (Å²) in [5.41, 5.74) is 5.25. The van der Waals surface area contributed by atoms with Crippen molar-refractivity contribution in [3.8, 4) is 0 Å². The molecule has 5 heteroatoms. The molecule has 2 aromatic rings. The highest BCUT2D eigenvalue weighted by Crippen LogP contribution is 2.10. The van der Waals surface area contributed by atoms with Crippen LogP contribution in [-0.4, -0.2) is 15.8 Å². The van der Waals surface area contributed by atoms with Crippen LogP contribution in [0.4, 0.5) is 0 Å². The molecule has 0 bridgehead atoms. The first-order valence-electron chi connectivity index (χ1n) is 5.23. The fraction of sp³-hybridized carbons (Fsp3) is 0.364. The molecule has 0 saturated heterocycles. The van der Waals surface area contributed by atoms with Crippen LogP contribution < -0.4 is 11.3 Å². The van der Waals surface area contributed by atoms with E-state index in [0.717, 1.165) is 18.5 Å². The third kappa shape index (κ3) is 2.91. The fourth-order valence-electron chi connectivity index (χ4n) is 1.71. The molecule has 1 unspecified atom stereocenters. The highest BCUT2D eigenvalue weighted by atomic mass is 32.1. The molecule has 0 aliphatic carbocycles. The molecule has 2 rings (SSSR count). The maximum atomic E-state index is 5.56. The summed E-state index contributed by atoms with van der Waals surface area (Å²) < 4.78 is 1.81. The molecule has 86 valence electrons. The lowest BCUT2D eigenvalue weighted by Crippen LogP contribution is -2.38. The van der Waals surface area contributed by atoms with Gasteiger partial charge in [-0.15, -0.1) is 0 Å². The first-order valence-corrected chi connectivity index (χ1v) is 6.18. The van der Waals surface area contributed by atoms with Gasteiger partial charge in [0.1, 0.15) is 0 Å². The number of thiophene rings is 1.